The highest BCUT2D eigenvalue weighted by atomic mass is 16.4. The zero-order valence-corrected chi connectivity index (χ0v) is 13.2. The quantitative estimate of drug-likeness (QED) is 0.692. The Morgan fingerprint density at radius 2 is 1.64 bits per heavy atom. The highest BCUT2D eigenvalue weighted by Crippen LogP contribution is 2.20. The number of aliphatic carboxylic acids is 1. The number of hydrogen-bond donors (Lipinski definition) is 1. The monoisotopic (exact) mass is 297 g/mol. The van der Waals surface area contributed by atoms with E-state index in [2.05, 4.69) is 0 Å². The van der Waals surface area contributed by atoms with E-state index < -0.39 is 5.97 Å². The van der Waals surface area contributed by atoms with Crippen molar-refractivity contribution in [3.8, 4) is 0 Å². The summed E-state index contributed by atoms with van der Waals surface area (Å²) in [5, 5.41) is 9.39. The second-order valence-electron chi connectivity index (χ2n) is 5.62. The van der Waals surface area contributed by atoms with E-state index in [1.165, 1.54) is 4.57 Å². The lowest BCUT2D eigenvalue weighted by molar-refractivity contribution is -0.130. The molecule has 0 aliphatic heterocycles. The van der Waals surface area contributed by atoms with Crippen LogP contribution in [-0.4, -0.2) is 21.4 Å². The van der Waals surface area contributed by atoms with Gasteiger partial charge in [0.25, 0.3) is 0 Å². The maximum Gasteiger partial charge on any atom is 0.352 e. The van der Waals surface area contributed by atoms with Crippen LogP contribution < -0.4 is 0 Å². The van der Waals surface area contributed by atoms with E-state index in [4.69, 9.17) is 0 Å². The summed E-state index contributed by atoms with van der Waals surface area (Å²) in [5.74, 6) is -1.23. The number of carboxylic acid groups (broad SMARTS) is 1. The van der Waals surface area contributed by atoms with Crippen molar-refractivity contribution in [2.75, 3.05) is 0 Å². The molecule has 1 aromatic carbocycles. The number of ketones is 1. The van der Waals surface area contributed by atoms with Crippen molar-refractivity contribution in [3.05, 3.63) is 64.5 Å². The molecule has 0 spiro atoms. The van der Waals surface area contributed by atoms with E-state index in [0.29, 0.717) is 16.8 Å². The van der Waals surface area contributed by atoms with Crippen LogP contribution in [0.25, 0.3) is 5.70 Å². The summed E-state index contributed by atoms with van der Waals surface area (Å²) < 4.78 is 1.44. The van der Waals surface area contributed by atoms with Gasteiger partial charge in [0.2, 0.25) is 5.78 Å². The molecule has 0 saturated heterocycles. The molecule has 0 amide bonds. The molecule has 0 atom stereocenters. The van der Waals surface area contributed by atoms with E-state index in [-0.39, 0.29) is 11.5 Å². The van der Waals surface area contributed by atoms with Crippen molar-refractivity contribution in [3.63, 3.8) is 0 Å². The smallest absolute Gasteiger partial charge is 0.352 e. The van der Waals surface area contributed by atoms with Crippen LogP contribution in [-0.2, 0) is 4.79 Å². The van der Waals surface area contributed by atoms with E-state index in [1.54, 1.807) is 32.2 Å². The van der Waals surface area contributed by atoms with E-state index in [0.717, 1.165) is 11.1 Å². The molecule has 2 rings (SSSR count). The Morgan fingerprint density at radius 3 is 2.14 bits per heavy atom. The molecule has 0 fully saturated rings. The van der Waals surface area contributed by atoms with E-state index in [1.807, 2.05) is 32.0 Å². The Bertz CT molecular complexity index is 757. The van der Waals surface area contributed by atoms with Gasteiger partial charge in [0.1, 0.15) is 5.70 Å². The van der Waals surface area contributed by atoms with Gasteiger partial charge in [0.15, 0.2) is 0 Å². The fourth-order valence-corrected chi connectivity index (χ4v) is 2.57. The van der Waals surface area contributed by atoms with Crippen LogP contribution in [0.2, 0.25) is 0 Å². The highest BCUT2D eigenvalue weighted by molar-refractivity contribution is 6.14. The molecule has 1 N–H and O–H groups in total. The van der Waals surface area contributed by atoms with Gasteiger partial charge in [-0.2, -0.15) is 0 Å². The predicted molar refractivity (Wildman–Crippen MR) is 86.0 cm³/mol. The molecule has 2 aromatic rings. The van der Waals surface area contributed by atoms with Crippen LogP contribution >= 0.6 is 0 Å². The van der Waals surface area contributed by atoms with Crippen LogP contribution in [0.5, 0.6) is 0 Å². The second-order valence-corrected chi connectivity index (χ2v) is 5.62. The summed E-state index contributed by atoms with van der Waals surface area (Å²) >= 11 is 0. The number of aryl methyl sites for hydroxylation is 2. The lowest BCUT2D eigenvalue weighted by atomic mass is 10.0. The fourth-order valence-electron chi connectivity index (χ4n) is 2.57. The maximum atomic E-state index is 12.7. The third kappa shape index (κ3) is 3.01. The summed E-state index contributed by atoms with van der Waals surface area (Å²) in [7, 11) is 0. The number of carboxylic acids is 1. The summed E-state index contributed by atoms with van der Waals surface area (Å²) in [6.07, 6.45) is 1.60. The first kappa shape index (κ1) is 15.8. The number of benzene rings is 1. The summed E-state index contributed by atoms with van der Waals surface area (Å²) in [6, 6.07) is 8.95. The van der Waals surface area contributed by atoms with Crippen LogP contribution in [0.4, 0.5) is 0 Å². The first-order valence-corrected chi connectivity index (χ1v) is 7.02. The van der Waals surface area contributed by atoms with Crippen LogP contribution in [0.1, 0.15) is 41.0 Å². The molecule has 114 valence electrons. The largest absolute Gasteiger partial charge is 0.477 e. The Kier molecular flexibility index (Phi) is 4.31. The third-order valence-corrected chi connectivity index (χ3v) is 3.38. The lowest BCUT2D eigenvalue weighted by Crippen LogP contribution is -2.15. The van der Waals surface area contributed by atoms with Crippen molar-refractivity contribution >= 4 is 17.4 Å². The molecule has 0 unspecified atom stereocenters. The van der Waals surface area contributed by atoms with E-state index in [9.17, 15) is 14.7 Å². The Hall–Kier alpha value is -2.62. The fraction of sp³-hybridized carbons (Fsp3) is 0.222. The van der Waals surface area contributed by atoms with Crippen molar-refractivity contribution in [1.82, 2.24) is 4.57 Å². The molecular weight excluding hydrogens is 278 g/mol. The summed E-state index contributed by atoms with van der Waals surface area (Å²) in [5.41, 5.74) is 3.67. The number of nitrogens with zero attached hydrogens (tertiary/aromatic N) is 1. The maximum absolute atomic E-state index is 12.7. The topological polar surface area (TPSA) is 59.3 Å². The van der Waals surface area contributed by atoms with Crippen LogP contribution in [0, 0.1) is 13.8 Å². The Balaban J connectivity index is 2.56. The van der Waals surface area contributed by atoms with Gasteiger partial charge in [-0.15, -0.1) is 0 Å². The second kappa shape index (κ2) is 6.02. The Labute approximate surface area is 129 Å². The minimum Gasteiger partial charge on any atom is -0.477 e. The van der Waals surface area contributed by atoms with Gasteiger partial charge in [-0.1, -0.05) is 17.2 Å². The average Bonchev–Trinajstić information content (AvgIpc) is 2.84. The molecule has 4 heteroatoms. The molecular formula is C18H19NO3. The standard InChI is InChI=1S/C18H19NO3/c1-11(2)16(18(21)22)19-7-5-6-15(19)17(20)14-9-12(3)8-13(4)10-14/h5-10H,1-4H3,(H,21,22). The van der Waals surface area contributed by atoms with E-state index >= 15 is 0 Å². The van der Waals surface area contributed by atoms with Crippen molar-refractivity contribution in [1.29, 1.82) is 0 Å². The summed E-state index contributed by atoms with van der Waals surface area (Å²) in [4.78, 5) is 24.2. The first-order valence-electron chi connectivity index (χ1n) is 7.02. The first-order chi connectivity index (χ1) is 10.3. The number of carbonyl (C=O) groups excluding carboxylic acids is 1. The number of aromatic nitrogens is 1. The summed E-state index contributed by atoms with van der Waals surface area (Å²) in [6.45, 7) is 7.30. The van der Waals surface area contributed by atoms with Gasteiger partial charge in [-0.3, -0.25) is 4.79 Å². The minimum absolute atomic E-state index is 0.109. The SMILES string of the molecule is CC(C)=C(C(=O)O)n1cccc1C(=O)c1cc(C)cc(C)c1. The molecule has 22 heavy (non-hydrogen) atoms. The number of hydrogen-bond acceptors (Lipinski definition) is 2. The van der Waals surface area contributed by atoms with Gasteiger partial charge in [0.05, 0.1) is 5.69 Å². The molecule has 0 radical (unpaired) electrons. The van der Waals surface area contributed by atoms with Gasteiger partial charge >= 0.3 is 5.97 Å². The molecule has 1 heterocycles. The van der Waals surface area contributed by atoms with Gasteiger partial charge in [0, 0.05) is 11.8 Å². The average molecular weight is 297 g/mol. The number of allylic oxidation sites excluding steroid dienone is 1. The Morgan fingerprint density at radius 1 is 1.05 bits per heavy atom. The highest BCUT2D eigenvalue weighted by Gasteiger charge is 2.20. The molecule has 1 aromatic heterocycles. The van der Waals surface area contributed by atoms with Crippen LogP contribution in [0.15, 0.2) is 42.1 Å². The van der Waals surface area contributed by atoms with Gasteiger partial charge in [-0.05, 0) is 57.5 Å². The van der Waals surface area contributed by atoms with Gasteiger partial charge in [-0.25, -0.2) is 4.79 Å². The third-order valence-electron chi connectivity index (χ3n) is 3.38. The molecule has 0 saturated carbocycles. The zero-order chi connectivity index (χ0) is 16.4. The van der Waals surface area contributed by atoms with Gasteiger partial charge < -0.3 is 9.67 Å². The normalized spacial score (nSPS) is 10.4. The zero-order valence-electron chi connectivity index (χ0n) is 13.2. The van der Waals surface area contributed by atoms with Crippen molar-refractivity contribution in [2.45, 2.75) is 27.7 Å². The number of rotatable bonds is 4. The van der Waals surface area contributed by atoms with Crippen LogP contribution in [0.3, 0.4) is 0 Å². The molecule has 0 aliphatic rings. The minimum atomic E-state index is -1.05. The molecule has 0 aliphatic carbocycles. The predicted octanol–water partition coefficient (Wildman–Crippen LogP) is 3.67. The molecule has 0 bridgehead atoms. The van der Waals surface area contributed by atoms with Crippen molar-refractivity contribution < 1.29 is 14.7 Å². The van der Waals surface area contributed by atoms with Crippen molar-refractivity contribution in [2.24, 2.45) is 0 Å². The molecule has 4 nitrogen and oxygen atoms in total. The number of carbonyl (C=O) groups is 2. The lowest BCUT2D eigenvalue weighted by Gasteiger charge is -2.11.